The number of hydrogen-bond acceptors (Lipinski definition) is 5. The molecule has 0 fully saturated rings. The van der Waals surface area contributed by atoms with Crippen LogP contribution < -0.4 is 14.2 Å². The minimum Gasteiger partial charge on any atom is -0.497 e. The van der Waals surface area contributed by atoms with E-state index >= 15 is 0 Å². The molecule has 6 heteroatoms. The summed E-state index contributed by atoms with van der Waals surface area (Å²) < 4.78 is 17.3. The first-order chi connectivity index (χ1) is 19.9. The van der Waals surface area contributed by atoms with Crippen molar-refractivity contribution < 1.29 is 24.1 Å². The van der Waals surface area contributed by atoms with Crippen molar-refractivity contribution in [1.29, 1.82) is 0 Å². The number of methoxy groups -OCH3 is 2. The van der Waals surface area contributed by atoms with E-state index in [0.29, 0.717) is 18.9 Å². The molecule has 1 atom stereocenters. The van der Waals surface area contributed by atoms with Gasteiger partial charge in [-0.3, -0.25) is 9.69 Å². The molecule has 0 radical (unpaired) electrons. The number of carboxylic acid groups (broad SMARTS) is 1. The van der Waals surface area contributed by atoms with Crippen LogP contribution in [0.4, 0.5) is 0 Å². The van der Waals surface area contributed by atoms with Crippen LogP contribution in [0, 0.1) is 5.92 Å². The molecule has 214 valence electrons. The highest BCUT2D eigenvalue weighted by molar-refractivity contribution is 5.70. The van der Waals surface area contributed by atoms with Gasteiger partial charge in [0.25, 0.3) is 0 Å². The predicted octanol–water partition coefficient (Wildman–Crippen LogP) is 6.68. The van der Waals surface area contributed by atoms with Crippen molar-refractivity contribution in [3.63, 3.8) is 0 Å². The van der Waals surface area contributed by atoms with E-state index < -0.39 is 5.97 Å². The van der Waals surface area contributed by atoms with Gasteiger partial charge in [-0.05, 0) is 34.9 Å². The second kappa shape index (κ2) is 14.9. The van der Waals surface area contributed by atoms with E-state index in [9.17, 15) is 4.79 Å². The average Bonchev–Trinajstić information content (AvgIpc) is 2.99. The third-order valence-electron chi connectivity index (χ3n) is 7.09. The molecule has 0 aliphatic carbocycles. The Hall–Kier alpha value is -4.29. The second-order valence-electron chi connectivity index (χ2n) is 10.4. The molecule has 0 unspecified atom stereocenters. The lowest BCUT2D eigenvalue weighted by atomic mass is 9.90. The Bertz CT molecular complexity index is 1340. The van der Waals surface area contributed by atoms with Crippen molar-refractivity contribution in [3.8, 4) is 17.2 Å². The third kappa shape index (κ3) is 8.85. The van der Waals surface area contributed by atoms with Gasteiger partial charge in [0.1, 0.15) is 17.2 Å². The minimum absolute atomic E-state index is 0.0232. The van der Waals surface area contributed by atoms with Gasteiger partial charge in [0.15, 0.2) is 0 Å². The molecule has 0 spiro atoms. The molecule has 0 aliphatic rings. The van der Waals surface area contributed by atoms with Crippen molar-refractivity contribution in [2.45, 2.75) is 25.8 Å². The maximum atomic E-state index is 11.1. The maximum absolute atomic E-state index is 11.1. The normalized spacial score (nSPS) is 11.8. The summed E-state index contributed by atoms with van der Waals surface area (Å²) in [4.78, 5) is 13.6. The lowest BCUT2D eigenvalue weighted by Crippen LogP contribution is -2.34. The number of ether oxygens (including phenoxy) is 3. The molecule has 1 N–H and O–H groups in total. The standard InChI is InChI=1S/C35H39NO5/c1-26(25-41-32-16-10-11-27(19-32)20-35(37)38)22-36(23-30-17-18-31(39-2)21-34(30)40-3)24-33(28-12-6-4-7-13-28)29-14-8-5-9-15-29/h4-19,21,26,33H,20,22-25H2,1-3H3,(H,37,38)/t26-/m1/s1. The Morgan fingerprint density at radius 1 is 0.780 bits per heavy atom. The van der Waals surface area contributed by atoms with Gasteiger partial charge in [-0.2, -0.15) is 0 Å². The second-order valence-corrected chi connectivity index (χ2v) is 10.4. The first-order valence-corrected chi connectivity index (χ1v) is 13.9. The van der Waals surface area contributed by atoms with Gasteiger partial charge >= 0.3 is 5.97 Å². The summed E-state index contributed by atoms with van der Waals surface area (Å²) in [5.41, 5.74) is 4.35. The van der Waals surface area contributed by atoms with E-state index in [4.69, 9.17) is 19.3 Å². The Balaban J connectivity index is 1.56. The van der Waals surface area contributed by atoms with E-state index in [2.05, 4.69) is 78.6 Å². The lowest BCUT2D eigenvalue weighted by molar-refractivity contribution is -0.136. The highest BCUT2D eigenvalue weighted by Crippen LogP contribution is 2.30. The van der Waals surface area contributed by atoms with Crippen LogP contribution in [-0.2, 0) is 17.8 Å². The van der Waals surface area contributed by atoms with Gasteiger partial charge < -0.3 is 19.3 Å². The maximum Gasteiger partial charge on any atom is 0.307 e. The molecule has 0 saturated heterocycles. The highest BCUT2D eigenvalue weighted by atomic mass is 16.5. The molecular weight excluding hydrogens is 514 g/mol. The average molecular weight is 554 g/mol. The highest BCUT2D eigenvalue weighted by Gasteiger charge is 2.22. The van der Waals surface area contributed by atoms with Gasteiger partial charge in [-0.25, -0.2) is 0 Å². The largest absolute Gasteiger partial charge is 0.497 e. The van der Waals surface area contributed by atoms with Gasteiger partial charge in [0.2, 0.25) is 0 Å². The summed E-state index contributed by atoms with van der Waals surface area (Å²) in [5, 5.41) is 9.14. The van der Waals surface area contributed by atoms with E-state index in [1.54, 1.807) is 14.2 Å². The lowest BCUT2D eigenvalue weighted by Gasteiger charge is -2.31. The van der Waals surface area contributed by atoms with Gasteiger partial charge in [0.05, 0.1) is 27.2 Å². The van der Waals surface area contributed by atoms with Gasteiger partial charge in [0, 0.05) is 43.1 Å². The molecule has 0 bridgehead atoms. The van der Waals surface area contributed by atoms with Crippen LogP contribution in [0.2, 0.25) is 0 Å². The summed E-state index contributed by atoms with van der Waals surface area (Å²) in [6.45, 7) is 4.98. The molecular formula is C35H39NO5. The molecule has 6 nitrogen and oxygen atoms in total. The Morgan fingerprint density at radius 2 is 1.46 bits per heavy atom. The topological polar surface area (TPSA) is 68.2 Å². The van der Waals surface area contributed by atoms with Crippen LogP contribution in [0.15, 0.2) is 103 Å². The number of carboxylic acids is 1. The zero-order valence-electron chi connectivity index (χ0n) is 24.0. The Kier molecular flexibility index (Phi) is 10.8. The summed E-state index contributed by atoms with van der Waals surface area (Å²) in [6, 6.07) is 34.6. The van der Waals surface area contributed by atoms with Crippen LogP contribution in [0.5, 0.6) is 17.2 Å². The Labute approximate surface area is 243 Å². The van der Waals surface area contributed by atoms with Crippen LogP contribution >= 0.6 is 0 Å². The van der Waals surface area contributed by atoms with Crippen molar-refractivity contribution >= 4 is 5.97 Å². The minimum atomic E-state index is -0.855. The van der Waals surface area contributed by atoms with E-state index in [-0.39, 0.29) is 18.3 Å². The molecule has 4 aromatic carbocycles. The van der Waals surface area contributed by atoms with E-state index in [1.807, 2.05) is 36.4 Å². The molecule has 0 aliphatic heterocycles. The molecule has 0 saturated carbocycles. The number of benzene rings is 4. The molecule has 0 heterocycles. The SMILES string of the molecule is COc1ccc(CN(CC(c2ccccc2)c2ccccc2)C[C@@H](C)COc2cccc(CC(=O)O)c2)c(OC)c1. The zero-order valence-corrected chi connectivity index (χ0v) is 24.0. The monoisotopic (exact) mass is 553 g/mol. The van der Waals surface area contributed by atoms with Crippen molar-refractivity contribution in [2.75, 3.05) is 33.9 Å². The van der Waals surface area contributed by atoms with Crippen LogP contribution in [0.3, 0.4) is 0 Å². The first kappa shape index (κ1) is 29.7. The third-order valence-corrected chi connectivity index (χ3v) is 7.09. The van der Waals surface area contributed by atoms with Crippen LogP contribution in [0.1, 0.15) is 35.1 Å². The van der Waals surface area contributed by atoms with Crippen molar-refractivity contribution in [2.24, 2.45) is 5.92 Å². The number of aliphatic carboxylic acids is 1. The number of rotatable bonds is 15. The van der Waals surface area contributed by atoms with Crippen molar-refractivity contribution in [1.82, 2.24) is 4.90 Å². The van der Waals surface area contributed by atoms with E-state index in [1.165, 1.54) is 11.1 Å². The van der Waals surface area contributed by atoms with Crippen LogP contribution in [-0.4, -0.2) is 49.9 Å². The number of hydrogen-bond donors (Lipinski definition) is 1. The summed E-state index contributed by atoms with van der Waals surface area (Å²) in [5.74, 6) is 1.77. The summed E-state index contributed by atoms with van der Waals surface area (Å²) in [7, 11) is 3.35. The fourth-order valence-corrected chi connectivity index (χ4v) is 5.11. The van der Waals surface area contributed by atoms with Crippen molar-refractivity contribution in [3.05, 3.63) is 125 Å². The van der Waals surface area contributed by atoms with Gasteiger partial charge in [-0.15, -0.1) is 0 Å². The van der Waals surface area contributed by atoms with Gasteiger partial charge in [-0.1, -0.05) is 85.8 Å². The zero-order chi connectivity index (χ0) is 29.0. The predicted molar refractivity (Wildman–Crippen MR) is 162 cm³/mol. The number of nitrogens with zero attached hydrogens (tertiary/aromatic N) is 1. The molecule has 0 aromatic heterocycles. The Morgan fingerprint density at radius 3 is 2.07 bits per heavy atom. The number of carbonyl (C=O) groups is 1. The smallest absolute Gasteiger partial charge is 0.307 e. The fourth-order valence-electron chi connectivity index (χ4n) is 5.11. The van der Waals surface area contributed by atoms with Crippen LogP contribution in [0.25, 0.3) is 0 Å². The van der Waals surface area contributed by atoms with E-state index in [0.717, 1.165) is 35.7 Å². The summed E-state index contributed by atoms with van der Waals surface area (Å²) >= 11 is 0. The molecule has 41 heavy (non-hydrogen) atoms. The fraction of sp³-hybridized carbons (Fsp3) is 0.286. The molecule has 4 aromatic rings. The molecule has 4 rings (SSSR count). The molecule has 0 amide bonds. The summed E-state index contributed by atoms with van der Waals surface area (Å²) in [6.07, 6.45) is -0.0232. The quantitative estimate of drug-likeness (QED) is 0.177. The first-order valence-electron chi connectivity index (χ1n) is 13.9.